The van der Waals surface area contributed by atoms with Crippen LogP contribution in [0.4, 0.5) is 0 Å². The summed E-state index contributed by atoms with van der Waals surface area (Å²) in [7, 11) is 0. The van der Waals surface area contributed by atoms with E-state index in [4.69, 9.17) is 0 Å². The first-order chi connectivity index (χ1) is 9.33. The summed E-state index contributed by atoms with van der Waals surface area (Å²) in [4.78, 5) is 0. The smallest absolute Gasteiger partial charge is 0.0487 e. The minimum atomic E-state index is 0.151. The molecule has 0 aromatic carbocycles. The van der Waals surface area contributed by atoms with Gasteiger partial charge in [0, 0.05) is 10.0 Å². The Balaban J connectivity index is 2.01. The maximum absolute atomic E-state index is 9.98. The Morgan fingerprint density at radius 3 is 2.65 bits per heavy atom. The van der Waals surface area contributed by atoms with E-state index < -0.39 is 0 Å². The van der Waals surface area contributed by atoms with Crippen LogP contribution in [0.2, 0.25) is 0 Å². The molecule has 3 aliphatic rings. The van der Waals surface area contributed by atoms with E-state index in [2.05, 4.69) is 49.4 Å². The maximum atomic E-state index is 9.98. The van der Waals surface area contributed by atoms with Crippen LogP contribution in [0.5, 0.6) is 0 Å². The lowest BCUT2D eigenvalue weighted by Crippen LogP contribution is -2.53. The van der Waals surface area contributed by atoms with Gasteiger partial charge in [0.15, 0.2) is 0 Å². The van der Waals surface area contributed by atoms with Crippen molar-refractivity contribution in [3.8, 4) is 0 Å². The Bertz CT molecular complexity index is 427. The quantitative estimate of drug-likeness (QED) is 0.376. The minimum absolute atomic E-state index is 0.151. The van der Waals surface area contributed by atoms with Gasteiger partial charge in [0.2, 0.25) is 0 Å². The zero-order valence-corrected chi connectivity index (χ0v) is 15.4. The summed E-state index contributed by atoms with van der Waals surface area (Å²) in [6, 6.07) is 0. The number of allylic oxidation sites excluding steroid dienone is 2. The Morgan fingerprint density at radius 2 is 1.95 bits per heavy atom. The highest BCUT2D eigenvalue weighted by Gasteiger charge is 2.56. The van der Waals surface area contributed by atoms with Gasteiger partial charge in [-0.15, -0.1) is 0 Å². The van der Waals surface area contributed by atoms with E-state index >= 15 is 0 Å². The second-order valence-corrected chi connectivity index (χ2v) is 10.7. The van der Waals surface area contributed by atoms with Crippen LogP contribution in [0.3, 0.4) is 0 Å². The van der Waals surface area contributed by atoms with Gasteiger partial charge < -0.3 is 5.11 Å². The Hall–Kier alpha value is 0.430. The van der Waals surface area contributed by atoms with Crippen molar-refractivity contribution in [2.45, 2.75) is 69.1 Å². The number of halogens is 1. The standard InChI is InChI=1S/C18H29IO/c1-16(12-20)9-5-10-17(2)13-6-4-11-18(3,19)14(13)7-8-15(16)17/h6,14-15,20H,4-5,7-12H2,1-3H3/t14?,15?,16-,17-,18-/m0/s1. The third-order valence-electron chi connectivity index (χ3n) is 6.92. The van der Waals surface area contributed by atoms with E-state index in [9.17, 15) is 5.11 Å². The molecule has 20 heavy (non-hydrogen) atoms. The summed E-state index contributed by atoms with van der Waals surface area (Å²) in [6.45, 7) is 7.68. The average Bonchev–Trinajstić information content (AvgIpc) is 2.39. The van der Waals surface area contributed by atoms with Crippen molar-refractivity contribution in [2.75, 3.05) is 6.61 Å². The van der Waals surface area contributed by atoms with Crippen molar-refractivity contribution in [1.29, 1.82) is 0 Å². The normalized spacial score (nSPS) is 52.0. The van der Waals surface area contributed by atoms with E-state index in [0.29, 0.717) is 21.4 Å². The molecule has 0 amide bonds. The second kappa shape index (κ2) is 4.97. The highest BCUT2D eigenvalue weighted by molar-refractivity contribution is 14.1. The zero-order valence-electron chi connectivity index (χ0n) is 13.2. The van der Waals surface area contributed by atoms with Gasteiger partial charge in [0.25, 0.3) is 0 Å². The minimum Gasteiger partial charge on any atom is -0.396 e. The summed E-state index contributed by atoms with van der Waals surface area (Å²) in [6.07, 6.45) is 11.6. The third kappa shape index (κ3) is 2.12. The SMILES string of the molecule is C[C@@]1(CO)CCC[C@@]2(C)C3=CCC[C@](C)(I)C3CCC12. The number of aliphatic hydroxyl groups excluding tert-OH is 1. The van der Waals surface area contributed by atoms with Gasteiger partial charge in [0.1, 0.15) is 0 Å². The van der Waals surface area contributed by atoms with E-state index in [1.807, 2.05) is 0 Å². The molecule has 1 N–H and O–H groups in total. The molecule has 2 unspecified atom stereocenters. The van der Waals surface area contributed by atoms with Gasteiger partial charge in [-0.25, -0.2) is 0 Å². The molecule has 114 valence electrons. The van der Waals surface area contributed by atoms with E-state index in [-0.39, 0.29) is 5.41 Å². The second-order valence-electron chi connectivity index (χ2n) is 8.24. The molecule has 0 heterocycles. The highest BCUT2D eigenvalue weighted by Crippen LogP contribution is 2.64. The Kier molecular flexibility index (Phi) is 3.81. The average molecular weight is 388 g/mol. The van der Waals surface area contributed by atoms with Crippen LogP contribution in [0, 0.1) is 22.7 Å². The summed E-state index contributed by atoms with van der Waals surface area (Å²) in [5.74, 6) is 1.46. The number of alkyl halides is 1. The monoisotopic (exact) mass is 388 g/mol. The number of fused-ring (bicyclic) bond motifs is 3. The lowest BCUT2D eigenvalue weighted by Gasteiger charge is -2.60. The molecule has 2 heteroatoms. The molecule has 0 bridgehead atoms. The number of aliphatic hydroxyl groups is 1. The summed E-state index contributed by atoms with van der Waals surface area (Å²) < 4.78 is 0.447. The number of hydrogen-bond donors (Lipinski definition) is 1. The van der Waals surface area contributed by atoms with Gasteiger partial charge in [-0.3, -0.25) is 0 Å². The molecule has 0 aliphatic heterocycles. The van der Waals surface area contributed by atoms with Crippen LogP contribution in [0.1, 0.15) is 65.7 Å². The number of rotatable bonds is 1. The first-order valence-corrected chi connectivity index (χ1v) is 9.42. The third-order valence-corrected chi connectivity index (χ3v) is 8.21. The topological polar surface area (TPSA) is 20.2 Å². The zero-order chi connectivity index (χ0) is 14.6. The first-order valence-electron chi connectivity index (χ1n) is 8.34. The van der Waals surface area contributed by atoms with Crippen LogP contribution in [0.25, 0.3) is 0 Å². The molecule has 0 aromatic heterocycles. The van der Waals surface area contributed by atoms with Crippen LogP contribution in [-0.2, 0) is 0 Å². The van der Waals surface area contributed by atoms with Crippen molar-refractivity contribution in [3.05, 3.63) is 11.6 Å². The van der Waals surface area contributed by atoms with Gasteiger partial charge in [-0.1, -0.05) is 54.5 Å². The molecule has 3 rings (SSSR count). The van der Waals surface area contributed by atoms with Crippen LogP contribution in [-0.4, -0.2) is 15.1 Å². The predicted octanol–water partition coefficient (Wildman–Crippen LogP) is 5.12. The van der Waals surface area contributed by atoms with Gasteiger partial charge >= 0.3 is 0 Å². The van der Waals surface area contributed by atoms with Gasteiger partial charge in [-0.05, 0) is 68.1 Å². The first kappa shape index (κ1) is 15.3. The molecular weight excluding hydrogens is 359 g/mol. The molecule has 0 spiro atoms. The van der Waals surface area contributed by atoms with Crippen molar-refractivity contribution < 1.29 is 5.11 Å². The van der Waals surface area contributed by atoms with E-state index in [1.54, 1.807) is 5.57 Å². The Morgan fingerprint density at radius 1 is 1.20 bits per heavy atom. The summed E-state index contributed by atoms with van der Waals surface area (Å²) >= 11 is 2.72. The maximum Gasteiger partial charge on any atom is 0.0487 e. The van der Waals surface area contributed by atoms with E-state index in [1.165, 1.54) is 44.9 Å². The molecule has 1 nitrogen and oxygen atoms in total. The Labute approximate surface area is 137 Å². The van der Waals surface area contributed by atoms with E-state index in [0.717, 1.165) is 5.92 Å². The molecule has 2 fully saturated rings. The molecule has 0 saturated heterocycles. The van der Waals surface area contributed by atoms with Crippen LogP contribution in [0.15, 0.2) is 11.6 Å². The van der Waals surface area contributed by atoms with Crippen molar-refractivity contribution in [3.63, 3.8) is 0 Å². The van der Waals surface area contributed by atoms with Gasteiger partial charge in [-0.2, -0.15) is 0 Å². The lowest BCUT2D eigenvalue weighted by atomic mass is 9.46. The molecule has 0 aromatic rings. The predicted molar refractivity (Wildman–Crippen MR) is 93.1 cm³/mol. The molecule has 2 saturated carbocycles. The van der Waals surface area contributed by atoms with Crippen LogP contribution < -0.4 is 0 Å². The molecule has 3 aliphatic carbocycles. The molecular formula is C18H29IO. The van der Waals surface area contributed by atoms with Crippen LogP contribution >= 0.6 is 22.6 Å². The fraction of sp³-hybridized carbons (Fsp3) is 0.889. The number of hydrogen-bond acceptors (Lipinski definition) is 1. The lowest BCUT2D eigenvalue weighted by molar-refractivity contribution is -0.0549. The fourth-order valence-electron chi connectivity index (χ4n) is 5.75. The van der Waals surface area contributed by atoms with Crippen molar-refractivity contribution in [2.24, 2.45) is 22.7 Å². The summed E-state index contributed by atoms with van der Waals surface area (Å²) in [5.41, 5.74) is 2.26. The van der Waals surface area contributed by atoms with Crippen molar-refractivity contribution in [1.82, 2.24) is 0 Å². The summed E-state index contributed by atoms with van der Waals surface area (Å²) in [5, 5.41) is 9.98. The molecule has 0 radical (unpaired) electrons. The van der Waals surface area contributed by atoms with Crippen molar-refractivity contribution >= 4 is 22.6 Å². The largest absolute Gasteiger partial charge is 0.396 e. The fourth-order valence-corrected chi connectivity index (χ4v) is 6.71. The van der Waals surface area contributed by atoms with Gasteiger partial charge in [0.05, 0.1) is 0 Å². The molecule has 5 atom stereocenters. The highest BCUT2D eigenvalue weighted by atomic mass is 127.